The van der Waals surface area contributed by atoms with Gasteiger partial charge in [0.1, 0.15) is 11.6 Å². The van der Waals surface area contributed by atoms with Gasteiger partial charge in [0.05, 0.1) is 6.04 Å². The lowest BCUT2D eigenvalue weighted by Gasteiger charge is -2.20. The molecule has 20 heavy (non-hydrogen) atoms. The molecule has 106 valence electrons. The summed E-state index contributed by atoms with van der Waals surface area (Å²) in [5.74, 6) is -0.646. The van der Waals surface area contributed by atoms with Crippen molar-refractivity contribution in [3.05, 3.63) is 69.7 Å². The lowest BCUT2D eigenvalue weighted by molar-refractivity contribution is 0.594. The first-order chi connectivity index (χ1) is 9.52. The predicted molar refractivity (Wildman–Crippen MR) is 78.1 cm³/mol. The van der Waals surface area contributed by atoms with E-state index in [1.807, 2.05) is 13.0 Å². The van der Waals surface area contributed by atoms with Gasteiger partial charge in [0, 0.05) is 5.02 Å². The van der Waals surface area contributed by atoms with Crippen LogP contribution < -0.4 is 5.32 Å². The normalized spacial score (nSPS) is 12.4. The first kappa shape index (κ1) is 14.9. The SMILES string of the molecule is CCNC(c1ccc(C)c(F)c1)c1ccc(F)cc1Cl. The van der Waals surface area contributed by atoms with Gasteiger partial charge >= 0.3 is 0 Å². The fourth-order valence-electron chi connectivity index (χ4n) is 2.14. The molecule has 0 aliphatic carbocycles. The summed E-state index contributed by atoms with van der Waals surface area (Å²) in [4.78, 5) is 0. The molecule has 0 aliphatic heterocycles. The van der Waals surface area contributed by atoms with Crippen LogP contribution in [0, 0.1) is 18.6 Å². The minimum absolute atomic E-state index is 0.261. The van der Waals surface area contributed by atoms with Gasteiger partial charge in [-0.15, -0.1) is 0 Å². The van der Waals surface area contributed by atoms with E-state index in [0.29, 0.717) is 17.1 Å². The molecule has 2 rings (SSSR count). The zero-order chi connectivity index (χ0) is 14.7. The van der Waals surface area contributed by atoms with E-state index in [-0.39, 0.29) is 17.7 Å². The number of halogens is 3. The lowest BCUT2D eigenvalue weighted by atomic mass is 9.97. The Hall–Kier alpha value is -1.45. The third kappa shape index (κ3) is 3.17. The highest BCUT2D eigenvalue weighted by Crippen LogP contribution is 2.29. The maximum absolute atomic E-state index is 13.7. The highest BCUT2D eigenvalue weighted by Gasteiger charge is 2.17. The summed E-state index contributed by atoms with van der Waals surface area (Å²) < 4.78 is 26.9. The molecule has 0 spiro atoms. The Morgan fingerprint density at radius 2 is 1.90 bits per heavy atom. The van der Waals surface area contributed by atoms with Crippen molar-refractivity contribution in [3.8, 4) is 0 Å². The average Bonchev–Trinajstić information content (AvgIpc) is 2.40. The summed E-state index contributed by atoms with van der Waals surface area (Å²) in [6, 6.07) is 9.06. The Morgan fingerprint density at radius 1 is 1.15 bits per heavy atom. The van der Waals surface area contributed by atoms with E-state index < -0.39 is 0 Å². The minimum Gasteiger partial charge on any atom is -0.306 e. The molecule has 0 fully saturated rings. The largest absolute Gasteiger partial charge is 0.306 e. The molecule has 1 nitrogen and oxygen atoms in total. The maximum Gasteiger partial charge on any atom is 0.126 e. The minimum atomic E-state index is -0.385. The van der Waals surface area contributed by atoms with Crippen LogP contribution in [0.2, 0.25) is 5.02 Å². The summed E-state index contributed by atoms with van der Waals surface area (Å²) in [5, 5.41) is 3.58. The zero-order valence-corrected chi connectivity index (χ0v) is 12.1. The van der Waals surface area contributed by atoms with E-state index in [9.17, 15) is 8.78 Å². The highest BCUT2D eigenvalue weighted by atomic mass is 35.5. The Balaban J connectivity index is 2.47. The van der Waals surface area contributed by atoms with Gasteiger partial charge < -0.3 is 5.32 Å². The third-order valence-corrected chi connectivity index (χ3v) is 3.54. The van der Waals surface area contributed by atoms with Gasteiger partial charge in [-0.1, -0.05) is 36.7 Å². The summed E-state index contributed by atoms with van der Waals surface area (Å²) in [7, 11) is 0. The monoisotopic (exact) mass is 295 g/mol. The molecule has 0 radical (unpaired) electrons. The second kappa shape index (κ2) is 6.33. The molecule has 1 unspecified atom stereocenters. The molecule has 0 aromatic heterocycles. The molecule has 1 N–H and O–H groups in total. The van der Waals surface area contributed by atoms with Gasteiger partial charge in [-0.2, -0.15) is 0 Å². The maximum atomic E-state index is 13.7. The Morgan fingerprint density at radius 3 is 2.50 bits per heavy atom. The molecule has 4 heteroatoms. The fraction of sp³-hybridized carbons (Fsp3) is 0.250. The van der Waals surface area contributed by atoms with Crippen LogP contribution in [0.25, 0.3) is 0 Å². The molecule has 1 atom stereocenters. The predicted octanol–water partition coefficient (Wildman–Crippen LogP) is 4.63. The van der Waals surface area contributed by atoms with Crippen molar-refractivity contribution < 1.29 is 8.78 Å². The molecule has 2 aromatic carbocycles. The van der Waals surface area contributed by atoms with Crippen LogP contribution in [0.1, 0.15) is 29.7 Å². The van der Waals surface area contributed by atoms with Gasteiger partial charge in [0.2, 0.25) is 0 Å². The van der Waals surface area contributed by atoms with E-state index in [0.717, 1.165) is 11.1 Å². The lowest BCUT2D eigenvalue weighted by Crippen LogP contribution is -2.22. The van der Waals surface area contributed by atoms with E-state index in [2.05, 4.69) is 5.32 Å². The Labute approximate surface area is 122 Å². The Bertz CT molecular complexity index is 613. The standard InChI is InChI=1S/C16H16ClF2N/c1-3-20-16(11-5-4-10(2)15(19)8-11)13-7-6-12(18)9-14(13)17/h4-9,16,20H,3H2,1-2H3. The van der Waals surface area contributed by atoms with Crippen molar-refractivity contribution in [3.63, 3.8) is 0 Å². The van der Waals surface area contributed by atoms with E-state index in [4.69, 9.17) is 11.6 Å². The van der Waals surface area contributed by atoms with Crippen LogP contribution in [0.15, 0.2) is 36.4 Å². The number of rotatable bonds is 4. The molecule has 0 heterocycles. The van der Waals surface area contributed by atoms with Crippen LogP contribution in [-0.2, 0) is 0 Å². The topological polar surface area (TPSA) is 12.0 Å². The molecular formula is C16H16ClF2N. The molecule has 0 bridgehead atoms. The number of benzene rings is 2. The zero-order valence-electron chi connectivity index (χ0n) is 11.4. The van der Waals surface area contributed by atoms with E-state index in [1.54, 1.807) is 19.1 Å². The van der Waals surface area contributed by atoms with Gasteiger partial charge in [0.15, 0.2) is 0 Å². The number of nitrogens with one attached hydrogen (secondary N) is 1. The highest BCUT2D eigenvalue weighted by molar-refractivity contribution is 6.31. The quantitative estimate of drug-likeness (QED) is 0.867. The molecule has 0 amide bonds. The van der Waals surface area contributed by atoms with Crippen LogP contribution >= 0.6 is 11.6 Å². The van der Waals surface area contributed by atoms with Crippen molar-refractivity contribution >= 4 is 11.6 Å². The summed E-state index contributed by atoms with van der Waals surface area (Å²) >= 11 is 6.11. The van der Waals surface area contributed by atoms with Crippen LogP contribution in [0.5, 0.6) is 0 Å². The molecule has 0 saturated heterocycles. The van der Waals surface area contributed by atoms with Gasteiger partial charge in [-0.05, 0) is 48.4 Å². The molecule has 2 aromatic rings. The van der Waals surface area contributed by atoms with Crippen molar-refractivity contribution in [1.82, 2.24) is 5.32 Å². The number of hydrogen-bond acceptors (Lipinski definition) is 1. The van der Waals surface area contributed by atoms with E-state index in [1.165, 1.54) is 18.2 Å². The van der Waals surface area contributed by atoms with Gasteiger partial charge in [0.25, 0.3) is 0 Å². The molecule has 0 saturated carbocycles. The summed E-state index contributed by atoms with van der Waals surface area (Å²) in [5.41, 5.74) is 2.09. The molecule has 0 aliphatic rings. The van der Waals surface area contributed by atoms with Crippen LogP contribution in [-0.4, -0.2) is 6.54 Å². The number of hydrogen-bond donors (Lipinski definition) is 1. The second-order valence-electron chi connectivity index (χ2n) is 4.67. The van der Waals surface area contributed by atoms with Crippen molar-refractivity contribution in [1.29, 1.82) is 0 Å². The smallest absolute Gasteiger partial charge is 0.126 e. The fourth-order valence-corrected chi connectivity index (χ4v) is 2.41. The third-order valence-electron chi connectivity index (χ3n) is 3.21. The first-order valence-corrected chi connectivity index (χ1v) is 6.85. The van der Waals surface area contributed by atoms with E-state index >= 15 is 0 Å². The van der Waals surface area contributed by atoms with Crippen LogP contribution in [0.3, 0.4) is 0 Å². The van der Waals surface area contributed by atoms with Crippen molar-refractivity contribution in [2.24, 2.45) is 0 Å². The van der Waals surface area contributed by atoms with Crippen molar-refractivity contribution in [2.45, 2.75) is 19.9 Å². The van der Waals surface area contributed by atoms with Gasteiger partial charge in [-0.25, -0.2) is 8.78 Å². The second-order valence-corrected chi connectivity index (χ2v) is 5.07. The van der Waals surface area contributed by atoms with Gasteiger partial charge in [-0.3, -0.25) is 0 Å². The average molecular weight is 296 g/mol. The van der Waals surface area contributed by atoms with Crippen LogP contribution in [0.4, 0.5) is 8.78 Å². The number of aryl methyl sites for hydroxylation is 1. The van der Waals surface area contributed by atoms with Crippen molar-refractivity contribution in [2.75, 3.05) is 6.54 Å². The summed E-state index contributed by atoms with van der Waals surface area (Å²) in [6.07, 6.45) is 0. The first-order valence-electron chi connectivity index (χ1n) is 6.47. The summed E-state index contributed by atoms with van der Waals surface area (Å²) in [6.45, 7) is 4.36. The molecular weight excluding hydrogens is 280 g/mol. The Kier molecular flexibility index (Phi) is 4.73.